The Hall–Kier alpha value is -1.02. The van der Waals surface area contributed by atoms with E-state index in [0.717, 1.165) is 18.6 Å². The van der Waals surface area contributed by atoms with Crippen LogP contribution in [0.1, 0.15) is 48.3 Å². The van der Waals surface area contributed by atoms with Crippen LogP contribution in [0.4, 0.5) is 0 Å². The maximum absolute atomic E-state index is 5.97. The Kier molecular flexibility index (Phi) is 3.72. The fourth-order valence-electron chi connectivity index (χ4n) is 2.90. The lowest BCUT2D eigenvalue weighted by atomic mass is 9.80. The van der Waals surface area contributed by atoms with E-state index in [1.807, 2.05) is 0 Å². The monoisotopic (exact) mass is 233 g/mol. The summed E-state index contributed by atoms with van der Waals surface area (Å²) < 4.78 is 5.37. The molecule has 0 heterocycles. The Morgan fingerprint density at radius 2 is 1.71 bits per heavy atom. The van der Waals surface area contributed by atoms with Gasteiger partial charge in [-0.1, -0.05) is 6.07 Å². The van der Waals surface area contributed by atoms with E-state index in [2.05, 4.69) is 26.0 Å². The zero-order chi connectivity index (χ0) is 12.4. The summed E-state index contributed by atoms with van der Waals surface area (Å²) in [7, 11) is 1.74. The van der Waals surface area contributed by atoms with Gasteiger partial charge in [0.25, 0.3) is 0 Å². The molecule has 0 amide bonds. The number of rotatable bonds is 2. The molecule has 0 saturated heterocycles. The minimum absolute atomic E-state index is 0.422. The summed E-state index contributed by atoms with van der Waals surface area (Å²) in [5.74, 6) is 1.69. The summed E-state index contributed by atoms with van der Waals surface area (Å²) in [6, 6.07) is 4.89. The van der Waals surface area contributed by atoms with E-state index in [-0.39, 0.29) is 0 Å². The topological polar surface area (TPSA) is 35.2 Å². The molecule has 2 nitrogen and oxygen atoms in total. The number of hydrogen-bond donors (Lipinski definition) is 1. The zero-order valence-electron chi connectivity index (χ0n) is 11.1. The second-order valence-corrected chi connectivity index (χ2v) is 5.29. The smallest absolute Gasteiger partial charge is 0.122 e. The predicted octanol–water partition coefficient (Wildman–Crippen LogP) is 3.30. The van der Waals surface area contributed by atoms with Gasteiger partial charge in [-0.15, -0.1) is 0 Å². The Morgan fingerprint density at radius 1 is 1.06 bits per heavy atom. The van der Waals surface area contributed by atoms with E-state index in [1.165, 1.54) is 29.5 Å². The van der Waals surface area contributed by atoms with E-state index < -0.39 is 0 Å². The van der Waals surface area contributed by atoms with Gasteiger partial charge in [-0.05, 0) is 68.2 Å². The van der Waals surface area contributed by atoms with E-state index >= 15 is 0 Å². The first-order chi connectivity index (χ1) is 8.11. The fraction of sp³-hybridized carbons (Fsp3) is 0.600. The van der Waals surface area contributed by atoms with Crippen molar-refractivity contribution in [2.45, 2.75) is 51.5 Å². The van der Waals surface area contributed by atoms with Crippen molar-refractivity contribution in [3.63, 3.8) is 0 Å². The Balaban J connectivity index is 2.23. The van der Waals surface area contributed by atoms with Crippen molar-refractivity contribution in [1.29, 1.82) is 0 Å². The van der Waals surface area contributed by atoms with Crippen molar-refractivity contribution >= 4 is 0 Å². The highest BCUT2D eigenvalue weighted by molar-refractivity contribution is 5.43. The van der Waals surface area contributed by atoms with Gasteiger partial charge in [-0.2, -0.15) is 0 Å². The van der Waals surface area contributed by atoms with E-state index in [1.54, 1.807) is 7.11 Å². The van der Waals surface area contributed by atoms with Crippen LogP contribution in [0.5, 0.6) is 5.75 Å². The van der Waals surface area contributed by atoms with Crippen LogP contribution in [0, 0.1) is 13.8 Å². The largest absolute Gasteiger partial charge is 0.496 e. The Bertz CT molecular complexity index is 392. The molecule has 2 N–H and O–H groups in total. The van der Waals surface area contributed by atoms with Crippen LogP contribution >= 0.6 is 0 Å². The van der Waals surface area contributed by atoms with Crippen LogP contribution < -0.4 is 10.5 Å². The second kappa shape index (κ2) is 5.09. The average molecular weight is 233 g/mol. The van der Waals surface area contributed by atoms with Crippen LogP contribution in [0.15, 0.2) is 12.1 Å². The molecule has 94 valence electrons. The Morgan fingerprint density at radius 3 is 2.29 bits per heavy atom. The van der Waals surface area contributed by atoms with Gasteiger partial charge in [-0.3, -0.25) is 0 Å². The molecule has 0 aromatic heterocycles. The van der Waals surface area contributed by atoms with Crippen LogP contribution in [-0.4, -0.2) is 13.2 Å². The van der Waals surface area contributed by atoms with Gasteiger partial charge in [-0.25, -0.2) is 0 Å². The minimum atomic E-state index is 0.422. The number of nitrogens with two attached hydrogens (primary N) is 1. The molecule has 0 radical (unpaired) electrons. The maximum atomic E-state index is 5.97. The first kappa shape index (κ1) is 12.4. The molecule has 0 bridgehead atoms. The number of ether oxygens (including phenoxy) is 1. The molecule has 2 heteroatoms. The molecule has 1 saturated carbocycles. The third-order valence-electron chi connectivity index (χ3n) is 4.00. The molecule has 0 unspecified atom stereocenters. The summed E-state index contributed by atoms with van der Waals surface area (Å²) in [6.07, 6.45) is 4.78. The lowest BCUT2D eigenvalue weighted by Gasteiger charge is -2.28. The third-order valence-corrected chi connectivity index (χ3v) is 4.00. The zero-order valence-corrected chi connectivity index (χ0v) is 11.1. The number of methoxy groups -OCH3 is 1. The normalized spacial score (nSPS) is 24.7. The van der Waals surface area contributed by atoms with Crippen LogP contribution in [-0.2, 0) is 0 Å². The van der Waals surface area contributed by atoms with Crippen molar-refractivity contribution < 1.29 is 4.74 Å². The molecule has 0 atom stereocenters. The number of hydrogen-bond acceptors (Lipinski definition) is 2. The molecule has 17 heavy (non-hydrogen) atoms. The van der Waals surface area contributed by atoms with Gasteiger partial charge in [0.05, 0.1) is 7.11 Å². The van der Waals surface area contributed by atoms with E-state index in [0.29, 0.717) is 12.0 Å². The van der Waals surface area contributed by atoms with Gasteiger partial charge in [0, 0.05) is 6.04 Å². The van der Waals surface area contributed by atoms with Crippen LogP contribution in [0.25, 0.3) is 0 Å². The Labute approximate surface area is 104 Å². The van der Waals surface area contributed by atoms with Gasteiger partial charge in [0.15, 0.2) is 0 Å². The van der Waals surface area contributed by atoms with Crippen molar-refractivity contribution in [1.82, 2.24) is 0 Å². The number of aryl methyl sites for hydroxylation is 2. The van der Waals surface area contributed by atoms with E-state index in [4.69, 9.17) is 10.5 Å². The summed E-state index contributed by atoms with van der Waals surface area (Å²) in [6.45, 7) is 4.31. The summed E-state index contributed by atoms with van der Waals surface area (Å²) in [5.41, 5.74) is 10.1. The highest BCUT2D eigenvalue weighted by Crippen LogP contribution is 2.36. The molecular weight excluding hydrogens is 210 g/mol. The fourth-order valence-corrected chi connectivity index (χ4v) is 2.90. The molecule has 1 aromatic rings. The van der Waals surface area contributed by atoms with Crippen LogP contribution in [0.3, 0.4) is 0 Å². The molecule has 1 aliphatic carbocycles. The SMILES string of the molecule is COc1cc(C)c(C2CCC(N)CC2)cc1C. The summed E-state index contributed by atoms with van der Waals surface area (Å²) >= 11 is 0. The molecule has 0 aliphatic heterocycles. The molecule has 1 aromatic carbocycles. The molecule has 1 fully saturated rings. The molecule has 1 aliphatic rings. The van der Waals surface area contributed by atoms with Crippen molar-refractivity contribution in [3.05, 3.63) is 28.8 Å². The van der Waals surface area contributed by atoms with Crippen molar-refractivity contribution in [3.8, 4) is 5.75 Å². The average Bonchev–Trinajstić information content (AvgIpc) is 2.33. The van der Waals surface area contributed by atoms with Gasteiger partial charge >= 0.3 is 0 Å². The maximum Gasteiger partial charge on any atom is 0.122 e. The highest BCUT2D eigenvalue weighted by Gasteiger charge is 2.21. The lowest BCUT2D eigenvalue weighted by Crippen LogP contribution is -2.26. The van der Waals surface area contributed by atoms with Gasteiger partial charge in [0.1, 0.15) is 5.75 Å². The summed E-state index contributed by atoms with van der Waals surface area (Å²) in [5, 5.41) is 0. The quantitative estimate of drug-likeness (QED) is 0.850. The first-order valence-corrected chi connectivity index (χ1v) is 6.52. The van der Waals surface area contributed by atoms with E-state index in [9.17, 15) is 0 Å². The van der Waals surface area contributed by atoms with Crippen LogP contribution in [0.2, 0.25) is 0 Å². The molecule has 0 spiro atoms. The lowest BCUT2D eigenvalue weighted by molar-refractivity contribution is 0.392. The second-order valence-electron chi connectivity index (χ2n) is 5.29. The highest BCUT2D eigenvalue weighted by atomic mass is 16.5. The van der Waals surface area contributed by atoms with Gasteiger partial charge < -0.3 is 10.5 Å². The third kappa shape index (κ3) is 2.63. The summed E-state index contributed by atoms with van der Waals surface area (Å²) in [4.78, 5) is 0. The predicted molar refractivity (Wildman–Crippen MR) is 71.7 cm³/mol. The molecular formula is C15H23NO. The van der Waals surface area contributed by atoms with Crippen molar-refractivity contribution in [2.75, 3.05) is 7.11 Å². The first-order valence-electron chi connectivity index (χ1n) is 6.52. The molecule has 2 rings (SSSR count). The van der Waals surface area contributed by atoms with Gasteiger partial charge in [0.2, 0.25) is 0 Å². The minimum Gasteiger partial charge on any atom is -0.496 e. The number of benzene rings is 1. The standard InChI is InChI=1S/C15H23NO/c1-10-9-15(17-3)11(2)8-14(10)12-4-6-13(16)7-5-12/h8-9,12-13H,4-7,16H2,1-3H3. The van der Waals surface area contributed by atoms with Crippen molar-refractivity contribution in [2.24, 2.45) is 5.73 Å².